The summed E-state index contributed by atoms with van der Waals surface area (Å²) in [6, 6.07) is 2.36. The van der Waals surface area contributed by atoms with Crippen LogP contribution in [-0.2, 0) is 9.59 Å². The second-order valence-corrected chi connectivity index (χ2v) is 10.0. The van der Waals surface area contributed by atoms with Crippen molar-refractivity contribution in [3.05, 3.63) is 36.4 Å². The molecule has 0 radical (unpaired) electrons. The van der Waals surface area contributed by atoms with Gasteiger partial charge in [0.1, 0.15) is 12.1 Å². The molecule has 3 atom stereocenters. The van der Waals surface area contributed by atoms with Gasteiger partial charge in [0.25, 0.3) is 0 Å². The Morgan fingerprint density at radius 1 is 1.21 bits per heavy atom. The highest BCUT2D eigenvalue weighted by Crippen LogP contribution is 2.40. The summed E-state index contributed by atoms with van der Waals surface area (Å²) in [4.78, 5) is 32.1. The molecule has 2 fully saturated rings. The first kappa shape index (κ1) is 23.2. The zero-order valence-electron chi connectivity index (χ0n) is 19.4. The van der Waals surface area contributed by atoms with Gasteiger partial charge in [-0.15, -0.1) is 5.10 Å². The van der Waals surface area contributed by atoms with E-state index in [9.17, 15) is 14.7 Å². The molecule has 10 nitrogen and oxygen atoms in total. The standard InChI is InChI=1S/C23H33N7O3/c1-23(2,3)20(30-14-18(27-28-30)15-4-5-15)22(33)29-13-17(31)12-19(29)21(32)26-11-10-25-16-6-8-24-9-7-16/h6-9,14-15,17,19-20,31H,4-5,10-13H2,1-3H3,(H,24,25)(H,26,32)/t17-,19+,20-/m1/s1. The molecular weight excluding hydrogens is 422 g/mol. The number of anilines is 1. The molecule has 2 amide bonds. The van der Waals surface area contributed by atoms with Gasteiger partial charge in [0.15, 0.2) is 0 Å². The van der Waals surface area contributed by atoms with E-state index in [0.717, 1.165) is 24.2 Å². The van der Waals surface area contributed by atoms with Crippen molar-refractivity contribution in [3.63, 3.8) is 0 Å². The lowest BCUT2D eigenvalue weighted by molar-refractivity contribution is -0.144. The number of pyridine rings is 1. The molecule has 2 aliphatic rings. The predicted octanol–water partition coefficient (Wildman–Crippen LogP) is 1.33. The summed E-state index contributed by atoms with van der Waals surface area (Å²) in [5.74, 6) is -0.0509. The van der Waals surface area contributed by atoms with Gasteiger partial charge in [-0.05, 0) is 30.4 Å². The highest BCUT2D eigenvalue weighted by atomic mass is 16.3. The number of aromatic nitrogens is 4. The third kappa shape index (κ3) is 5.50. The molecule has 1 saturated heterocycles. The highest BCUT2D eigenvalue weighted by Gasteiger charge is 2.45. The van der Waals surface area contributed by atoms with E-state index in [1.54, 1.807) is 17.1 Å². The maximum atomic E-state index is 13.7. The van der Waals surface area contributed by atoms with E-state index in [1.807, 2.05) is 39.1 Å². The Balaban J connectivity index is 1.42. The maximum absolute atomic E-state index is 13.7. The molecule has 33 heavy (non-hydrogen) atoms. The molecule has 0 unspecified atom stereocenters. The van der Waals surface area contributed by atoms with E-state index < -0.39 is 23.6 Å². The fourth-order valence-electron chi connectivity index (χ4n) is 4.31. The number of carbonyl (C=O) groups excluding carboxylic acids is 2. The Kier molecular flexibility index (Phi) is 6.64. The minimum absolute atomic E-state index is 0.128. The van der Waals surface area contributed by atoms with Gasteiger partial charge < -0.3 is 20.6 Å². The molecule has 2 aromatic rings. The van der Waals surface area contributed by atoms with E-state index in [0.29, 0.717) is 19.0 Å². The number of likely N-dealkylation sites (tertiary alicyclic amines) is 1. The Labute approximate surface area is 193 Å². The summed E-state index contributed by atoms with van der Waals surface area (Å²) in [5.41, 5.74) is 1.38. The van der Waals surface area contributed by atoms with Gasteiger partial charge in [-0.3, -0.25) is 14.6 Å². The average molecular weight is 456 g/mol. The van der Waals surface area contributed by atoms with Crippen LogP contribution in [0.2, 0.25) is 0 Å². The summed E-state index contributed by atoms with van der Waals surface area (Å²) in [7, 11) is 0. The van der Waals surface area contributed by atoms with Crippen LogP contribution in [0.15, 0.2) is 30.7 Å². The molecule has 2 aromatic heterocycles. The van der Waals surface area contributed by atoms with Crippen molar-refractivity contribution in [2.45, 2.75) is 64.1 Å². The molecule has 3 heterocycles. The zero-order chi connectivity index (χ0) is 23.6. The van der Waals surface area contributed by atoms with Crippen molar-refractivity contribution >= 4 is 17.5 Å². The van der Waals surface area contributed by atoms with Crippen LogP contribution in [0.3, 0.4) is 0 Å². The Morgan fingerprint density at radius 3 is 2.61 bits per heavy atom. The Hall–Kier alpha value is -3.01. The monoisotopic (exact) mass is 455 g/mol. The fourth-order valence-corrected chi connectivity index (χ4v) is 4.31. The second kappa shape index (κ2) is 9.46. The van der Waals surface area contributed by atoms with Crippen LogP contribution in [0.5, 0.6) is 0 Å². The highest BCUT2D eigenvalue weighted by molar-refractivity contribution is 5.90. The van der Waals surface area contributed by atoms with Crippen molar-refractivity contribution in [2.75, 3.05) is 25.0 Å². The number of β-amino-alcohol motifs (C(OH)–C–C–N with tert-alkyl or cyclic N) is 1. The third-order valence-electron chi connectivity index (χ3n) is 6.14. The lowest BCUT2D eigenvalue weighted by atomic mass is 9.85. The predicted molar refractivity (Wildman–Crippen MR) is 122 cm³/mol. The Morgan fingerprint density at radius 2 is 1.94 bits per heavy atom. The number of carbonyl (C=O) groups is 2. The smallest absolute Gasteiger partial charge is 0.248 e. The number of hydrogen-bond acceptors (Lipinski definition) is 7. The summed E-state index contributed by atoms with van der Waals surface area (Å²) in [6.07, 6.45) is 6.93. The average Bonchev–Trinajstić information content (AvgIpc) is 3.38. The van der Waals surface area contributed by atoms with Gasteiger partial charge in [-0.25, -0.2) is 4.68 Å². The van der Waals surface area contributed by atoms with Crippen LogP contribution < -0.4 is 10.6 Å². The second-order valence-electron chi connectivity index (χ2n) is 10.0. The molecule has 1 aliphatic heterocycles. The van der Waals surface area contributed by atoms with Gasteiger partial charge in [0.05, 0.1) is 11.8 Å². The van der Waals surface area contributed by atoms with Gasteiger partial charge >= 0.3 is 0 Å². The van der Waals surface area contributed by atoms with Crippen LogP contribution in [0.1, 0.15) is 57.7 Å². The molecule has 10 heteroatoms. The van der Waals surface area contributed by atoms with E-state index >= 15 is 0 Å². The normalized spacial score (nSPS) is 21.6. The summed E-state index contributed by atoms with van der Waals surface area (Å²) >= 11 is 0. The van der Waals surface area contributed by atoms with Crippen molar-refractivity contribution < 1.29 is 14.7 Å². The molecule has 0 bridgehead atoms. The molecule has 3 N–H and O–H groups in total. The molecule has 1 saturated carbocycles. The number of aliphatic hydroxyl groups is 1. The van der Waals surface area contributed by atoms with Gasteiger partial charge in [-0.2, -0.15) is 0 Å². The fraction of sp³-hybridized carbons (Fsp3) is 0.609. The van der Waals surface area contributed by atoms with Crippen LogP contribution >= 0.6 is 0 Å². The largest absolute Gasteiger partial charge is 0.391 e. The van der Waals surface area contributed by atoms with Crippen molar-refractivity contribution in [3.8, 4) is 0 Å². The number of aliphatic hydroxyl groups excluding tert-OH is 1. The number of amides is 2. The molecular formula is C23H33N7O3. The van der Waals surface area contributed by atoms with E-state index in [4.69, 9.17) is 0 Å². The molecule has 0 aromatic carbocycles. The third-order valence-corrected chi connectivity index (χ3v) is 6.14. The topological polar surface area (TPSA) is 125 Å². The van der Waals surface area contributed by atoms with E-state index in [2.05, 4.69) is 25.9 Å². The summed E-state index contributed by atoms with van der Waals surface area (Å²) in [6.45, 7) is 6.98. The van der Waals surface area contributed by atoms with Crippen molar-refractivity contribution in [1.29, 1.82) is 0 Å². The quantitative estimate of drug-likeness (QED) is 0.513. The molecule has 178 valence electrons. The minimum atomic E-state index is -0.738. The zero-order valence-corrected chi connectivity index (χ0v) is 19.4. The lowest BCUT2D eigenvalue weighted by Gasteiger charge is -2.34. The Bertz CT molecular complexity index is 968. The minimum Gasteiger partial charge on any atom is -0.391 e. The van der Waals surface area contributed by atoms with Crippen LogP contribution in [-0.4, -0.2) is 73.6 Å². The molecule has 4 rings (SSSR count). The van der Waals surface area contributed by atoms with E-state index in [1.165, 1.54) is 4.90 Å². The van der Waals surface area contributed by atoms with E-state index in [-0.39, 0.29) is 24.8 Å². The first-order valence-corrected chi connectivity index (χ1v) is 11.6. The van der Waals surface area contributed by atoms with Crippen molar-refractivity contribution in [1.82, 2.24) is 30.2 Å². The molecule has 1 aliphatic carbocycles. The summed E-state index contributed by atoms with van der Waals surface area (Å²) < 4.78 is 1.63. The van der Waals surface area contributed by atoms with Gasteiger partial charge in [0.2, 0.25) is 11.8 Å². The number of hydrogen-bond donors (Lipinski definition) is 3. The van der Waals surface area contributed by atoms with Gasteiger partial charge in [-0.1, -0.05) is 26.0 Å². The van der Waals surface area contributed by atoms with Crippen LogP contribution in [0, 0.1) is 5.41 Å². The lowest BCUT2D eigenvalue weighted by Crippen LogP contribution is -2.50. The molecule has 0 spiro atoms. The number of nitrogens with one attached hydrogen (secondary N) is 2. The first-order chi connectivity index (χ1) is 15.7. The maximum Gasteiger partial charge on any atom is 0.248 e. The first-order valence-electron chi connectivity index (χ1n) is 11.6. The summed E-state index contributed by atoms with van der Waals surface area (Å²) in [5, 5.41) is 24.9. The van der Waals surface area contributed by atoms with Crippen LogP contribution in [0.25, 0.3) is 0 Å². The van der Waals surface area contributed by atoms with Crippen molar-refractivity contribution in [2.24, 2.45) is 5.41 Å². The number of nitrogens with zero attached hydrogens (tertiary/aromatic N) is 5. The SMILES string of the molecule is CC(C)(C)[C@@H](C(=O)N1C[C@H](O)C[C@H]1C(=O)NCCNc1ccncc1)n1cc(C2CC2)nn1. The van der Waals surface area contributed by atoms with Crippen LogP contribution in [0.4, 0.5) is 5.69 Å². The van der Waals surface area contributed by atoms with Gasteiger partial charge in [0, 0.05) is 56.3 Å². The number of rotatable bonds is 8.